The van der Waals surface area contributed by atoms with E-state index in [0.29, 0.717) is 30.7 Å². The standard InChI is InChI=1S/C16H25F2NO/c1-6-16(5,20-8-3)15(19-7-2)12-10-9-11(4)13(17)14(12)18/h9-10,15,19H,6-8H2,1-5H3. The fraction of sp³-hybridized carbons (Fsp3) is 0.625. The third-order valence-corrected chi connectivity index (χ3v) is 3.81. The van der Waals surface area contributed by atoms with Crippen LogP contribution in [-0.2, 0) is 4.74 Å². The van der Waals surface area contributed by atoms with Gasteiger partial charge in [0.2, 0.25) is 0 Å². The molecular weight excluding hydrogens is 260 g/mol. The lowest BCUT2D eigenvalue weighted by Crippen LogP contribution is -2.44. The van der Waals surface area contributed by atoms with Gasteiger partial charge in [0.1, 0.15) is 0 Å². The predicted octanol–water partition coefficient (Wildman–Crippen LogP) is 4.13. The number of likely N-dealkylation sites (N-methyl/N-ethyl adjacent to an activating group) is 1. The average Bonchev–Trinajstić information content (AvgIpc) is 2.43. The number of hydrogen-bond acceptors (Lipinski definition) is 2. The molecule has 0 aromatic heterocycles. The Labute approximate surface area is 120 Å². The molecule has 0 spiro atoms. The van der Waals surface area contributed by atoms with E-state index in [1.807, 2.05) is 27.7 Å². The van der Waals surface area contributed by atoms with Gasteiger partial charge in [-0.25, -0.2) is 8.78 Å². The van der Waals surface area contributed by atoms with E-state index in [-0.39, 0.29) is 6.04 Å². The zero-order valence-electron chi connectivity index (χ0n) is 13.0. The Morgan fingerprint density at radius 1 is 1.20 bits per heavy atom. The van der Waals surface area contributed by atoms with Crippen molar-refractivity contribution in [3.63, 3.8) is 0 Å². The van der Waals surface area contributed by atoms with Crippen molar-refractivity contribution >= 4 is 0 Å². The molecule has 0 heterocycles. The summed E-state index contributed by atoms with van der Waals surface area (Å²) in [6, 6.07) is 2.88. The first-order valence-corrected chi connectivity index (χ1v) is 7.23. The van der Waals surface area contributed by atoms with E-state index in [4.69, 9.17) is 4.74 Å². The molecule has 4 heteroatoms. The molecule has 0 saturated carbocycles. The van der Waals surface area contributed by atoms with Crippen molar-refractivity contribution in [2.45, 2.75) is 52.7 Å². The van der Waals surface area contributed by atoms with Gasteiger partial charge in [-0.05, 0) is 39.3 Å². The molecular formula is C16H25F2NO. The summed E-state index contributed by atoms with van der Waals surface area (Å²) in [5, 5.41) is 3.23. The summed E-state index contributed by atoms with van der Waals surface area (Å²) < 4.78 is 33.9. The second-order valence-corrected chi connectivity index (χ2v) is 5.19. The minimum absolute atomic E-state index is 0.316. The van der Waals surface area contributed by atoms with Gasteiger partial charge in [-0.2, -0.15) is 0 Å². The van der Waals surface area contributed by atoms with Crippen molar-refractivity contribution in [1.29, 1.82) is 0 Å². The predicted molar refractivity (Wildman–Crippen MR) is 77.8 cm³/mol. The van der Waals surface area contributed by atoms with Gasteiger partial charge in [0.05, 0.1) is 11.6 Å². The highest BCUT2D eigenvalue weighted by Gasteiger charge is 2.36. The van der Waals surface area contributed by atoms with E-state index in [0.717, 1.165) is 0 Å². The van der Waals surface area contributed by atoms with Gasteiger partial charge < -0.3 is 10.1 Å². The molecule has 2 unspecified atom stereocenters. The summed E-state index contributed by atoms with van der Waals surface area (Å²) in [5.41, 5.74) is 0.0664. The van der Waals surface area contributed by atoms with Crippen molar-refractivity contribution in [3.05, 3.63) is 34.9 Å². The Kier molecular flexibility index (Phi) is 6.08. The molecule has 0 saturated heterocycles. The molecule has 20 heavy (non-hydrogen) atoms. The van der Waals surface area contributed by atoms with Crippen LogP contribution in [0.25, 0.3) is 0 Å². The first-order valence-electron chi connectivity index (χ1n) is 7.23. The SMILES string of the molecule is CCNC(c1ccc(C)c(F)c1F)C(C)(CC)OCC. The Morgan fingerprint density at radius 3 is 2.35 bits per heavy atom. The molecule has 1 N–H and O–H groups in total. The molecule has 0 amide bonds. The van der Waals surface area contributed by atoms with Gasteiger partial charge in [0.15, 0.2) is 11.6 Å². The normalized spacial score (nSPS) is 15.9. The third kappa shape index (κ3) is 3.36. The Bertz CT molecular complexity index is 450. The maximum absolute atomic E-state index is 14.3. The number of halogens is 2. The molecule has 0 radical (unpaired) electrons. The van der Waals surface area contributed by atoms with Gasteiger partial charge in [-0.15, -0.1) is 0 Å². The summed E-state index contributed by atoms with van der Waals surface area (Å²) in [6.07, 6.45) is 0.702. The fourth-order valence-electron chi connectivity index (χ4n) is 2.46. The van der Waals surface area contributed by atoms with Crippen LogP contribution in [0.2, 0.25) is 0 Å². The third-order valence-electron chi connectivity index (χ3n) is 3.81. The van der Waals surface area contributed by atoms with Gasteiger partial charge in [0.25, 0.3) is 0 Å². The molecule has 0 aliphatic carbocycles. The Balaban J connectivity index is 3.30. The van der Waals surface area contributed by atoms with E-state index in [1.165, 1.54) is 0 Å². The fourth-order valence-corrected chi connectivity index (χ4v) is 2.46. The second-order valence-electron chi connectivity index (χ2n) is 5.19. The van der Waals surface area contributed by atoms with Gasteiger partial charge in [-0.1, -0.05) is 26.0 Å². The molecule has 0 aliphatic rings. The van der Waals surface area contributed by atoms with Gasteiger partial charge in [-0.3, -0.25) is 0 Å². The van der Waals surface area contributed by atoms with Crippen molar-refractivity contribution in [2.75, 3.05) is 13.2 Å². The minimum atomic E-state index is -0.782. The first-order chi connectivity index (χ1) is 9.41. The average molecular weight is 285 g/mol. The van der Waals surface area contributed by atoms with Crippen LogP contribution in [0, 0.1) is 18.6 Å². The maximum atomic E-state index is 14.3. The maximum Gasteiger partial charge on any atom is 0.163 e. The number of nitrogens with one attached hydrogen (secondary N) is 1. The molecule has 0 aliphatic heterocycles. The van der Waals surface area contributed by atoms with Crippen LogP contribution in [0.15, 0.2) is 12.1 Å². The second kappa shape index (κ2) is 7.14. The molecule has 1 aromatic carbocycles. The molecule has 1 aromatic rings. The molecule has 2 atom stereocenters. The van der Waals surface area contributed by atoms with Gasteiger partial charge >= 0.3 is 0 Å². The van der Waals surface area contributed by atoms with Crippen LogP contribution in [0.5, 0.6) is 0 Å². The lowest BCUT2D eigenvalue weighted by Gasteiger charge is -2.38. The lowest BCUT2D eigenvalue weighted by molar-refractivity contribution is -0.0568. The first kappa shape index (κ1) is 17.1. The van der Waals surface area contributed by atoms with Crippen LogP contribution < -0.4 is 5.32 Å². The lowest BCUT2D eigenvalue weighted by atomic mass is 9.86. The highest BCUT2D eigenvalue weighted by atomic mass is 19.2. The van der Waals surface area contributed by atoms with Crippen LogP contribution in [0.1, 0.15) is 51.3 Å². The number of ether oxygens (including phenoxy) is 1. The van der Waals surface area contributed by atoms with Crippen molar-refractivity contribution in [1.82, 2.24) is 5.32 Å². The Morgan fingerprint density at radius 2 is 1.85 bits per heavy atom. The van der Waals surface area contributed by atoms with Crippen LogP contribution >= 0.6 is 0 Å². The van der Waals surface area contributed by atoms with E-state index in [2.05, 4.69) is 5.32 Å². The summed E-state index contributed by atoms with van der Waals surface area (Å²) in [6.45, 7) is 10.5. The van der Waals surface area contributed by atoms with Crippen LogP contribution in [0.3, 0.4) is 0 Å². The molecule has 0 bridgehead atoms. The largest absolute Gasteiger partial charge is 0.374 e. The number of benzene rings is 1. The summed E-state index contributed by atoms with van der Waals surface area (Å²) in [5.74, 6) is -1.56. The zero-order chi connectivity index (χ0) is 15.3. The summed E-state index contributed by atoms with van der Waals surface area (Å²) in [4.78, 5) is 0. The van der Waals surface area contributed by atoms with E-state index in [9.17, 15) is 8.78 Å². The van der Waals surface area contributed by atoms with Crippen molar-refractivity contribution in [2.24, 2.45) is 0 Å². The smallest absolute Gasteiger partial charge is 0.163 e. The Hall–Kier alpha value is -1.00. The summed E-state index contributed by atoms with van der Waals surface area (Å²) >= 11 is 0. The van der Waals surface area contributed by atoms with Crippen molar-refractivity contribution < 1.29 is 13.5 Å². The minimum Gasteiger partial charge on any atom is -0.374 e. The van der Waals surface area contributed by atoms with E-state index in [1.54, 1.807) is 19.1 Å². The number of aryl methyl sites for hydroxylation is 1. The zero-order valence-corrected chi connectivity index (χ0v) is 13.0. The van der Waals surface area contributed by atoms with Gasteiger partial charge in [0, 0.05) is 12.2 Å². The molecule has 114 valence electrons. The molecule has 0 fully saturated rings. The monoisotopic (exact) mass is 285 g/mol. The number of rotatable bonds is 7. The van der Waals surface area contributed by atoms with E-state index >= 15 is 0 Å². The summed E-state index contributed by atoms with van der Waals surface area (Å²) in [7, 11) is 0. The quantitative estimate of drug-likeness (QED) is 0.813. The topological polar surface area (TPSA) is 21.3 Å². The van der Waals surface area contributed by atoms with Crippen molar-refractivity contribution in [3.8, 4) is 0 Å². The highest BCUT2D eigenvalue weighted by Crippen LogP contribution is 2.34. The van der Waals surface area contributed by atoms with E-state index < -0.39 is 17.2 Å². The van der Waals surface area contributed by atoms with Crippen LogP contribution in [-0.4, -0.2) is 18.8 Å². The highest BCUT2D eigenvalue weighted by molar-refractivity contribution is 5.29. The molecule has 1 rings (SSSR count). The number of hydrogen-bond donors (Lipinski definition) is 1. The molecule has 2 nitrogen and oxygen atoms in total. The van der Waals surface area contributed by atoms with Crippen LogP contribution in [0.4, 0.5) is 8.78 Å².